The van der Waals surface area contributed by atoms with Crippen LogP contribution in [0.5, 0.6) is 0 Å². The van der Waals surface area contributed by atoms with Gasteiger partial charge in [0.2, 0.25) is 0 Å². The van der Waals surface area contributed by atoms with E-state index in [1.807, 2.05) is 54.6 Å². The summed E-state index contributed by atoms with van der Waals surface area (Å²) in [6.07, 6.45) is 1.61. The third-order valence-electron chi connectivity index (χ3n) is 4.06. The SMILES string of the molecule is O=S(=O)(c1ccccc1)n1ccc2ccc(-c3ccccc3)cc21. The van der Waals surface area contributed by atoms with E-state index in [4.69, 9.17) is 0 Å². The maximum absolute atomic E-state index is 12.9. The summed E-state index contributed by atoms with van der Waals surface area (Å²) in [6, 6.07) is 26.1. The van der Waals surface area contributed by atoms with Crippen molar-refractivity contribution in [2.24, 2.45) is 0 Å². The summed E-state index contributed by atoms with van der Waals surface area (Å²) < 4.78 is 27.2. The first-order chi connectivity index (χ1) is 11.7. The molecule has 24 heavy (non-hydrogen) atoms. The van der Waals surface area contributed by atoms with Crippen LogP contribution in [-0.2, 0) is 10.0 Å². The Hall–Kier alpha value is -2.85. The van der Waals surface area contributed by atoms with E-state index in [0.29, 0.717) is 5.52 Å². The van der Waals surface area contributed by atoms with Gasteiger partial charge >= 0.3 is 0 Å². The highest BCUT2D eigenvalue weighted by Crippen LogP contribution is 2.27. The van der Waals surface area contributed by atoms with Crippen molar-refractivity contribution >= 4 is 20.9 Å². The van der Waals surface area contributed by atoms with Crippen LogP contribution >= 0.6 is 0 Å². The molecular formula is C20H15NO2S. The van der Waals surface area contributed by atoms with Crippen LogP contribution in [-0.4, -0.2) is 12.4 Å². The summed E-state index contributed by atoms with van der Waals surface area (Å²) >= 11 is 0. The van der Waals surface area contributed by atoms with Crippen molar-refractivity contribution in [2.75, 3.05) is 0 Å². The molecule has 0 aliphatic heterocycles. The summed E-state index contributed by atoms with van der Waals surface area (Å²) in [5, 5.41) is 0.897. The monoisotopic (exact) mass is 333 g/mol. The van der Waals surface area contributed by atoms with E-state index in [1.165, 1.54) is 3.97 Å². The first-order valence-electron chi connectivity index (χ1n) is 7.63. The second-order valence-corrected chi connectivity index (χ2v) is 7.38. The highest BCUT2D eigenvalue weighted by atomic mass is 32.2. The van der Waals surface area contributed by atoms with Gasteiger partial charge in [-0.15, -0.1) is 0 Å². The van der Waals surface area contributed by atoms with Crippen molar-refractivity contribution in [1.29, 1.82) is 0 Å². The molecule has 1 aromatic heterocycles. The van der Waals surface area contributed by atoms with Crippen LogP contribution in [0.2, 0.25) is 0 Å². The van der Waals surface area contributed by atoms with Crippen LogP contribution in [0.1, 0.15) is 0 Å². The lowest BCUT2D eigenvalue weighted by Gasteiger charge is -2.09. The Bertz CT molecular complexity index is 1100. The average Bonchev–Trinajstić information content (AvgIpc) is 3.07. The molecular weight excluding hydrogens is 318 g/mol. The Kier molecular flexibility index (Phi) is 3.47. The molecule has 0 bridgehead atoms. The molecule has 1 heterocycles. The molecule has 0 spiro atoms. The molecule has 0 saturated carbocycles. The average molecular weight is 333 g/mol. The Labute approximate surface area is 140 Å². The number of nitrogens with zero attached hydrogens (tertiary/aromatic N) is 1. The zero-order chi connectivity index (χ0) is 16.6. The topological polar surface area (TPSA) is 39.1 Å². The standard InChI is InChI=1S/C20H15NO2S/c22-24(23,19-9-5-2-6-10-19)21-14-13-17-11-12-18(15-20(17)21)16-7-3-1-4-8-16/h1-15H. The largest absolute Gasteiger partial charge is 0.268 e. The number of aromatic nitrogens is 1. The van der Waals surface area contributed by atoms with Crippen LogP contribution in [0.25, 0.3) is 22.0 Å². The normalized spacial score (nSPS) is 11.7. The number of rotatable bonds is 3. The van der Waals surface area contributed by atoms with Crippen molar-refractivity contribution in [2.45, 2.75) is 4.90 Å². The molecule has 0 unspecified atom stereocenters. The minimum absolute atomic E-state index is 0.285. The quantitative estimate of drug-likeness (QED) is 0.552. The molecule has 0 fully saturated rings. The van der Waals surface area contributed by atoms with Crippen molar-refractivity contribution in [3.63, 3.8) is 0 Å². The van der Waals surface area contributed by atoms with Gasteiger partial charge in [0.15, 0.2) is 0 Å². The number of fused-ring (bicyclic) bond motifs is 1. The lowest BCUT2D eigenvalue weighted by molar-refractivity contribution is 0.589. The molecule has 4 heteroatoms. The summed E-state index contributed by atoms with van der Waals surface area (Å²) in [7, 11) is -3.60. The number of hydrogen-bond acceptors (Lipinski definition) is 2. The predicted molar refractivity (Wildman–Crippen MR) is 96.4 cm³/mol. The fraction of sp³-hybridized carbons (Fsp3) is 0. The molecule has 118 valence electrons. The van der Waals surface area contributed by atoms with Gasteiger partial charge in [-0.1, -0.05) is 60.7 Å². The second kappa shape index (κ2) is 5.65. The van der Waals surface area contributed by atoms with Crippen LogP contribution in [0.3, 0.4) is 0 Å². The predicted octanol–water partition coefficient (Wildman–Crippen LogP) is 4.55. The maximum Gasteiger partial charge on any atom is 0.268 e. The fourth-order valence-corrected chi connectivity index (χ4v) is 4.20. The van der Waals surface area contributed by atoms with E-state index < -0.39 is 10.0 Å². The van der Waals surface area contributed by atoms with Gasteiger partial charge in [0.05, 0.1) is 10.4 Å². The molecule has 0 N–H and O–H groups in total. The maximum atomic E-state index is 12.9. The molecule has 0 atom stereocenters. The summed E-state index contributed by atoms with van der Waals surface area (Å²) in [6.45, 7) is 0. The lowest BCUT2D eigenvalue weighted by atomic mass is 10.0. The van der Waals surface area contributed by atoms with E-state index >= 15 is 0 Å². The summed E-state index contributed by atoms with van der Waals surface area (Å²) in [5.41, 5.74) is 2.73. The highest BCUT2D eigenvalue weighted by molar-refractivity contribution is 7.90. The van der Waals surface area contributed by atoms with Crippen LogP contribution < -0.4 is 0 Å². The molecule has 0 aliphatic carbocycles. The summed E-state index contributed by atoms with van der Waals surface area (Å²) in [5.74, 6) is 0. The molecule has 3 aromatic carbocycles. The number of hydrogen-bond donors (Lipinski definition) is 0. The molecule has 3 nitrogen and oxygen atoms in total. The van der Waals surface area contributed by atoms with E-state index in [2.05, 4.69) is 0 Å². The van der Waals surface area contributed by atoms with Gasteiger partial charge in [0, 0.05) is 11.6 Å². The van der Waals surface area contributed by atoms with Crippen molar-refractivity contribution < 1.29 is 8.42 Å². The Morgan fingerprint density at radius 1 is 0.667 bits per heavy atom. The second-order valence-electron chi connectivity index (χ2n) is 5.57. The van der Waals surface area contributed by atoms with E-state index in [9.17, 15) is 8.42 Å². The molecule has 0 aliphatic rings. The van der Waals surface area contributed by atoms with Crippen LogP contribution in [0.4, 0.5) is 0 Å². The third kappa shape index (κ3) is 2.41. The summed E-state index contributed by atoms with van der Waals surface area (Å²) in [4.78, 5) is 0.285. The van der Waals surface area contributed by atoms with Crippen molar-refractivity contribution in [3.05, 3.63) is 91.1 Å². The number of benzene rings is 3. The van der Waals surface area contributed by atoms with Gasteiger partial charge in [-0.2, -0.15) is 0 Å². The zero-order valence-corrected chi connectivity index (χ0v) is 13.6. The van der Waals surface area contributed by atoms with Crippen molar-refractivity contribution in [3.8, 4) is 11.1 Å². The van der Waals surface area contributed by atoms with Gasteiger partial charge in [-0.25, -0.2) is 12.4 Å². The highest BCUT2D eigenvalue weighted by Gasteiger charge is 2.18. The Morgan fingerprint density at radius 2 is 1.33 bits per heavy atom. The van der Waals surface area contributed by atoms with E-state index in [-0.39, 0.29) is 4.90 Å². The molecule has 4 aromatic rings. The Morgan fingerprint density at radius 3 is 2.04 bits per heavy atom. The van der Waals surface area contributed by atoms with E-state index in [1.54, 1.807) is 36.5 Å². The minimum atomic E-state index is -3.60. The third-order valence-corrected chi connectivity index (χ3v) is 5.77. The first kappa shape index (κ1) is 14.7. The van der Waals surface area contributed by atoms with Crippen LogP contribution in [0.15, 0.2) is 96.0 Å². The molecule has 0 radical (unpaired) electrons. The van der Waals surface area contributed by atoms with Gasteiger partial charge in [0.25, 0.3) is 10.0 Å². The lowest BCUT2D eigenvalue weighted by Crippen LogP contribution is -2.11. The van der Waals surface area contributed by atoms with Crippen molar-refractivity contribution in [1.82, 2.24) is 3.97 Å². The fourth-order valence-electron chi connectivity index (χ4n) is 2.83. The minimum Gasteiger partial charge on any atom is -0.241 e. The van der Waals surface area contributed by atoms with Crippen LogP contribution in [0, 0.1) is 0 Å². The van der Waals surface area contributed by atoms with Gasteiger partial charge < -0.3 is 0 Å². The molecule has 0 saturated heterocycles. The Balaban J connectivity index is 1.91. The molecule has 4 rings (SSSR count). The van der Waals surface area contributed by atoms with Gasteiger partial charge in [-0.05, 0) is 35.4 Å². The van der Waals surface area contributed by atoms with Gasteiger partial charge in [0.1, 0.15) is 0 Å². The van der Waals surface area contributed by atoms with E-state index in [0.717, 1.165) is 16.5 Å². The molecule has 0 amide bonds. The first-order valence-corrected chi connectivity index (χ1v) is 9.07. The zero-order valence-electron chi connectivity index (χ0n) is 12.8. The smallest absolute Gasteiger partial charge is 0.241 e. The van der Waals surface area contributed by atoms with Gasteiger partial charge in [-0.3, -0.25) is 0 Å².